The molecule has 1 atom stereocenters. The third-order valence-corrected chi connectivity index (χ3v) is 5.28. The van der Waals surface area contributed by atoms with Crippen LogP contribution in [0.5, 0.6) is 0 Å². The average molecular weight is 303 g/mol. The van der Waals surface area contributed by atoms with Crippen molar-refractivity contribution in [3.05, 3.63) is 46.0 Å². The molecule has 1 aromatic carbocycles. The van der Waals surface area contributed by atoms with Gasteiger partial charge in [0.15, 0.2) is 0 Å². The summed E-state index contributed by atoms with van der Waals surface area (Å²) in [7, 11) is -1.49. The highest BCUT2D eigenvalue weighted by atomic mass is 32.2. The molecule has 1 unspecified atom stereocenters. The van der Waals surface area contributed by atoms with Gasteiger partial charge in [-0.1, -0.05) is 38.1 Å². The summed E-state index contributed by atoms with van der Waals surface area (Å²) in [5.74, 6) is -0.513. The highest BCUT2D eigenvalue weighted by molar-refractivity contribution is 7.90. The van der Waals surface area contributed by atoms with Gasteiger partial charge in [-0.2, -0.15) is 0 Å². The molecule has 1 fully saturated rings. The maximum atomic E-state index is 12.7. The zero-order chi connectivity index (χ0) is 15.1. The third kappa shape index (κ3) is 2.46. The SMILES string of the molecule is CC(C)S(=O)C1=C(NC2CC2)C(=O)c2ccccc2C1=O. The molecule has 2 aliphatic carbocycles. The number of Topliss-reactive ketones (excluding diaryl/α,β-unsaturated/α-hetero) is 2. The normalized spacial score (nSPS) is 19.8. The molecule has 110 valence electrons. The molecule has 0 bridgehead atoms. The zero-order valence-electron chi connectivity index (χ0n) is 12.0. The van der Waals surface area contributed by atoms with Crippen molar-refractivity contribution in [2.45, 2.75) is 38.0 Å². The number of hydrogen-bond acceptors (Lipinski definition) is 4. The van der Waals surface area contributed by atoms with Gasteiger partial charge in [0, 0.05) is 22.4 Å². The third-order valence-electron chi connectivity index (χ3n) is 3.63. The van der Waals surface area contributed by atoms with Gasteiger partial charge >= 0.3 is 0 Å². The van der Waals surface area contributed by atoms with E-state index < -0.39 is 10.8 Å². The molecule has 3 rings (SSSR count). The summed E-state index contributed by atoms with van der Waals surface area (Å²) < 4.78 is 12.5. The van der Waals surface area contributed by atoms with Crippen molar-refractivity contribution >= 4 is 22.4 Å². The Hall–Kier alpha value is -1.75. The number of fused-ring (bicyclic) bond motifs is 1. The van der Waals surface area contributed by atoms with E-state index in [9.17, 15) is 13.8 Å². The van der Waals surface area contributed by atoms with Gasteiger partial charge in [-0.3, -0.25) is 13.8 Å². The topological polar surface area (TPSA) is 63.2 Å². The highest BCUT2D eigenvalue weighted by Gasteiger charge is 2.38. The van der Waals surface area contributed by atoms with Crippen molar-refractivity contribution in [1.29, 1.82) is 0 Å². The molecular weight excluding hydrogens is 286 g/mol. The molecule has 0 aliphatic heterocycles. The Bertz CT molecular complexity index is 687. The van der Waals surface area contributed by atoms with E-state index in [-0.39, 0.29) is 33.5 Å². The predicted octanol–water partition coefficient (Wildman–Crippen LogP) is 2.19. The number of carbonyl (C=O) groups is 2. The molecule has 0 spiro atoms. The Kier molecular flexibility index (Phi) is 3.53. The van der Waals surface area contributed by atoms with Crippen LogP contribution in [0.1, 0.15) is 47.4 Å². The molecule has 5 heteroatoms. The summed E-state index contributed by atoms with van der Waals surface area (Å²) in [5, 5.41) is 2.91. The molecule has 0 saturated heterocycles. The van der Waals surface area contributed by atoms with Gasteiger partial charge in [-0.15, -0.1) is 0 Å². The Morgan fingerprint density at radius 1 is 1.10 bits per heavy atom. The fraction of sp³-hybridized carbons (Fsp3) is 0.375. The van der Waals surface area contributed by atoms with Crippen molar-refractivity contribution in [2.75, 3.05) is 0 Å². The van der Waals surface area contributed by atoms with Crippen molar-refractivity contribution in [3.63, 3.8) is 0 Å². The number of hydrogen-bond donors (Lipinski definition) is 1. The minimum Gasteiger partial charge on any atom is -0.378 e. The summed E-state index contributed by atoms with van der Waals surface area (Å²) in [6.45, 7) is 3.58. The van der Waals surface area contributed by atoms with Crippen LogP contribution in [0.25, 0.3) is 0 Å². The fourth-order valence-electron chi connectivity index (χ4n) is 2.34. The van der Waals surface area contributed by atoms with Crippen LogP contribution in [-0.4, -0.2) is 27.1 Å². The first-order valence-electron chi connectivity index (χ1n) is 7.10. The summed E-state index contributed by atoms with van der Waals surface area (Å²) in [4.78, 5) is 25.5. The van der Waals surface area contributed by atoms with Gasteiger partial charge in [-0.25, -0.2) is 0 Å². The smallest absolute Gasteiger partial charge is 0.210 e. The molecule has 1 N–H and O–H groups in total. The van der Waals surface area contributed by atoms with E-state index >= 15 is 0 Å². The number of benzene rings is 1. The molecule has 0 aromatic heterocycles. The minimum atomic E-state index is -1.49. The average Bonchev–Trinajstić information content (AvgIpc) is 3.28. The van der Waals surface area contributed by atoms with Crippen molar-refractivity contribution in [2.24, 2.45) is 0 Å². The van der Waals surface area contributed by atoms with Crippen LogP contribution in [0, 0.1) is 0 Å². The summed E-state index contributed by atoms with van der Waals surface area (Å²) in [6, 6.07) is 6.96. The number of rotatable bonds is 4. The van der Waals surface area contributed by atoms with Gasteiger partial charge in [0.2, 0.25) is 11.6 Å². The second-order valence-corrected chi connectivity index (χ2v) is 7.62. The van der Waals surface area contributed by atoms with Crippen LogP contribution in [0.3, 0.4) is 0 Å². The second-order valence-electron chi connectivity index (χ2n) is 5.67. The Balaban J connectivity index is 2.15. The van der Waals surface area contributed by atoms with Gasteiger partial charge in [-0.05, 0) is 12.8 Å². The molecule has 4 nitrogen and oxygen atoms in total. The first kappa shape index (κ1) is 14.2. The van der Waals surface area contributed by atoms with Gasteiger partial charge in [0.05, 0.1) is 10.8 Å². The maximum absolute atomic E-state index is 12.7. The lowest BCUT2D eigenvalue weighted by Gasteiger charge is -2.22. The Labute approximate surface area is 126 Å². The van der Waals surface area contributed by atoms with Crippen LogP contribution in [0.4, 0.5) is 0 Å². The molecule has 0 radical (unpaired) electrons. The second kappa shape index (κ2) is 5.22. The van der Waals surface area contributed by atoms with Crippen molar-refractivity contribution in [1.82, 2.24) is 5.32 Å². The van der Waals surface area contributed by atoms with Crippen LogP contribution in [0.15, 0.2) is 34.9 Å². The molecule has 1 aromatic rings. The zero-order valence-corrected chi connectivity index (χ0v) is 12.8. The van der Waals surface area contributed by atoms with Gasteiger partial charge in [0.1, 0.15) is 10.6 Å². The Morgan fingerprint density at radius 3 is 2.19 bits per heavy atom. The number of carbonyl (C=O) groups excluding carboxylic acids is 2. The molecule has 0 heterocycles. The van der Waals surface area contributed by atoms with E-state index in [1.54, 1.807) is 38.1 Å². The first-order chi connectivity index (χ1) is 10.0. The number of nitrogens with one attached hydrogen (secondary N) is 1. The standard InChI is InChI=1S/C16H17NO3S/c1-9(2)21(20)16-13(17-10-7-8-10)14(18)11-5-3-4-6-12(11)15(16)19/h3-6,9-10,17H,7-8H2,1-2H3. The summed E-state index contributed by atoms with van der Waals surface area (Å²) in [5.41, 5.74) is 0.997. The fourth-order valence-corrected chi connectivity index (χ4v) is 3.46. The molecule has 0 amide bonds. The van der Waals surface area contributed by atoms with Crippen molar-refractivity contribution < 1.29 is 13.8 Å². The van der Waals surface area contributed by atoms with E-state index in [1.807, 2.05) is 0 Å². The van der Waals surface area contributed by atoms with Crippen molar-refractivity contribution in [3.8, 4) is 0 Å². The number of allylic oxidation sites excluding steroid dienone is 2. The van der Waals surface area contributed by atoms with Crippen LogP contribution < -0.4 is 5.32 Å². The molecular formula is C16H17NO3S. The molecule has 1 saturated carbocycles. The lowest BCUT2D eigenvalue weighted by Crippen LogP contribution is -2.34. The maximum Gasteiger partial charge on any atom is 0.210 e. The summed E-state index contributed by atoms with van der Waals surface area (Å²) >= 11 is 0. The van der Waals surface area contributed by atoms with E-state index in [0.29, 0.717) is 11.1 Å². The quantitative estimate of drug-likeness (QED) is 0.926. The van der Waals surface area contributed by atoms with Crippen LogP contribution >= 0.6 is 0 Å². The minimum absolute atomic E-state index is 0.139. The monoisotopic (exact) mass is 303 g/mol. The van der Waals surface area contributed by atoms with E-state index in [0.717, 1.165) is 12.8 Å². The van der Waals surface area contributed by atoms with E-state index in [1.165, 1.54) is 0 Å². The van der Waals surface area contributed by atoms with Gasteiger partial charge in [0.25, 0.3) is 0 Å². The summed E-state index contributed by atoms with van der Waals surface area (Å²) in [6.07, 6.45) is 1.96. The van der Waals surface area contributed by atoms with Crippen LogP contribution in [0.2, 0.25) is 0 Å². The van der Waals surface area contributed by atoms with E-state index in [4.69, 9.17) is 0 Å². The Morgan fingerprint density at radius 2 is 1.67 bits per heavy atom. The van der Waals surface area contributed by atoms with Crippen LogP contribution in [-0.2, 0) is 10.8 Å². The largest absolute Gasteiger partial charge is 0.378 e. The lowest BCUT2D eigenvalue weighted by molar-refractivity contribution is 0.0974. The first-order valence-corrected chi connectivity index (χ1v) is 8.31. The highest BCUT2D eigenvalue weighted by Crippen LogP contribution is 2.31. The number of ketones is 2. The lowest BCUT2D eigenvalue weighted by atomic mass is 9.92. The molecule has 21 heavy (non-hydrogen) atoms. The van der Waals surface area contributed by atoms with Gasteiger partial charge < -0.3 is 5.32 Å². The molecule has 2 aliphatic rings. The van der Waals surface area contributed by atoms with E-state index in [2.05, 4.69) is 5.32 Å². The predicted molar refractivity (Wildman–Crippen MR) is 81.6 cm³/mol.